The second kappa shape index (κ2) is 6.77. The van der Waals surface area contributed by atoms with Crippen LogP contribution in [0, 0.1) is 0 Å². The Kier molecular flexibility index (Phi) is 5.04. The summed E-state index contributed by atoms with van der Waals surface area (Å²) in [4.78, 5) is 0. The van der Waals surface area contributed by atoms with Gasteiger partial charge in [0.1, 0.15) is 11.5 Å². The van der Waals surface area contributed by atoms with Crippen molar-refractivity contribution in [3.8, 4) is 11.5 Å². The molecule has 106 valence electrons. The Labute approximate surface area is 127 Å². The summed E-state index contributed by atoms with van der Waals surface area (Å²) in [5.41, 5.74) is 8.54. The molecule has 2 aromatic rings. The van der Waals surface area contributed by atoms with Gasteiger partial charge in [0.25, 0.3) is 0 Å². The first kappa shape index (κ1) is 14.9. The molecule has 0 aliphatic rings. The van der Waals surface area contributed by atoms with Crippen molar-refractivity contribution in [2.75, 3.05) is 14.2 Å². The molecule has 1 unspecified atom stereocenters. The fourth-order valence-corrected chi connectivity index (χ4v) is 2.71. The fourth-order valence-electron chi connectivity index (χ4n) is 2.06. The molecule has 0 saturated carbocycles. The van der Waals surface area contributed by atoms with Gasteiger partial charge in [0.2, 0.25) is 0 Å². The topological polar surface area (TPSA) is 44.5 Å². The second-order valence-corrected chi connectivity index (χ2v) is 5.40. The first-order valence-electron chi connectivity index (χ1n) is 6.36. The van der Waals surface area contributed by atoms with Crippen molar-refractivity contribution >= 4 is 15.9 Å². The lowest BCUT2D eigenvalue weighted by Gasteiger charge is -2.15. The van der Waals surface area contributed by atoms with Gasteiger partial charge in [0, 0.05) is 10.5 Å². The van der Waals surface area contributed by atoms with Crippen LogP contribution < -0.4 is 15.2 Å². The monoisotopic (exact) mass is 335 g/mol. The maximum absolute atomic E-state index is 6.29. The van der Waals surface area contributed by atoms with E-state index < -0.39 is 0 Å². The fraction of sp³-hybridized carbons (Fsp3) is 0.250. The number of methoxy groups -OCH3 is 2. The maximum atomic E-state index is 6.29. The van der Waals surface area contributed by atoms with Crippen LogP contribution in [0.4, 0.5) is 0 Å². The molecule has 0 heterocycles. The van der Waals surface area contributed by atoms with Crippen molar-refractivity contribution in [3.63, 3.8) is 0 Å². The Balaban J connectivity index is 2.12. The van der Waals surface area contributed by atoms with Crippen molar-refractivity contribution < 1.29 is 9.47 Å². The van der Waals surface area contributed by atoms with Gasteiger partial charge in [-0.3, -0.25) is 0 Å². The lowest BCUT2D eigenvalue weighted by atomic mass is 9.99. The molecule has 0 amide bonds. The van der Waals surface area contributed by atoms with E-state index in [0.717, 1.165) is 28.0 Å². The molecule has 3 nitrogen and oxygen atoms in total. The van der Waals surface area contributed by atoms with Crippen molar-refractivity contribution in [1.82, 2.24) is 0 Å². The number of hydrogen-bond donors (Lipinski definition) is 1. The summed E-state index contributed by atoms with van der Waals surface area (Å²) in [6.07, 6.45) is 0.773. The van der Waals surface area contributed by atoms with Gasteiger partial charge in [0.05, 0.1) is 14.2 Å². The average molecular weight is 336 g/mol. The van der Waals surface area contributed by atoms with Gasteiger partial charge >= 0.3 is 0 Å². The highest BCUT2D eigenvalue weighted by atomic mass is 79.9. The molecular weight excluding hydrogens is 318 g/mol. The zero-order chi connectivity index (χ0) is 14.5. The molecular formula is C16H18BrNO2. The Morgan fingerprint density at radius 3 is 2.15 bits per heavy atom. The minimum absolute atomic E-state index is 0.0660. The summed E-state index contributed by atoms with van der Waals surface area (Å²) in [5.74, 6) is 1.67. The molecule has 0 saturated heterocycles. The van der Waals surface area contributed by atoms with Gasteiger partial charge in [-0.25, -0.2) is 0 Å². The number of rotatable bonds is 5. The lowest BCUT2D eigenvalue weighted by molar-refractivity contribution is 0.414. The van der Waals surface area contributed by atoms with Crippen molar-refractivity contribution in [2.45, 2.75) is 12.5 Å². The van der Waals surface area contributed by atoms with Crippen molar-refractivity contribution in [1.29, 1.82) is 0 Å². The van der Waals surface area contributed by atoms with Crippen LogP contribution in [-0.2, 0) is 6.42 Å². The normalized spacial score (nSPS) is 12.0. The number of hydrogen-bond acceptors (Lipinski definition) is 3. The molecule has 2 N–H and O–H groups in total. The van der Waals surface area contributed by atoms with Crippen LogP contribution in [0.5, 0.6) is 11.5 Å². The van der Waals surface area contributed by atoms with Crippen LogP contribution in [0.25, 0.3) is 0 Å². The largest absolute Gasteiger partial charge is 0.497 e. The van der Waals surface area contributed by atoms with E-state index in [4.69, 9.17) is 15.2 Å². The summed E-state index contributed by atoms with van der Waals surface area (Å²) < 4.78 is 11.3. The van der Waals surface area contributed by atoms with Crippen LogP contribution in [0.2, 0.25) is 0 Å². The minimum atomic E-state index is -0.0660. The molecule has 2 rings (SSSR count). The number of halogens is 1. The molecule has 4 heteroatoms. The Morgan fingerprint density at radius 1 is 1.00 bits per heavy atom. The van der Waals surface area contributed by atoms with Crippen molar-refractivity contribution in [2.24, 2.45) is 5.73 Å². The van der Waals surface area contributed by atoms with E-state index in [1.807, 2.05) is 42.5 Å². The van der Waals surface area contributed by atoms with Gasteiger partial charge in [-0.1, -0.05) is 34.1 Å². The molecule has 0 aliphatic heterocycles. The standard InChI is InChI=1S/C16H18BrNO2/c1-19-12-5-3-11(4-6-12)9-16(18)14-8-7-13(20-2)10-15(14)17/h3-8,10,16H,9,18H2,1-2H3. The molecule has 0 spiro atoms. The van der Waals surface area contributed by atoms with Crippen LogP contribution in [-0.4, -0.2) is 14.2 Å². The highest BCUT2D eigenvalue weighted by Gasteiger charge is 2.11. The third-order valence-electron chi connectivity index (χ3n) is 3.22. The Bertz CT molecular complexity index is 569. The molecule has 0 aliphatic carbocycles. The van der Waals surface area contributed by atoms with E-state index in [1.165, 1.54) is 5.56 Å². The molecule has 2 aromatic carbocycles. The van der Waals surface area contributed by atoms with Crippen LogP contribution in [0.15, 0.2) is 46.9 Å². The summed E-state index contributed by atoms with van der Waals surface area (Å²) in [6, 6.07) is 13.8. The first-order valence-corrected chi connectivity index (χ1v) is 7.15. The third kappa shape index (κ3) is 3.52. The quantitative estimate of drug-likeness (QED) is 0.905. The van der Waals surface area contributed by atoms with Crippen LogP contribution in [0.3, 0.4) is 0 Å². The molecule has 0 aromatic heterocycles. The lowest BCUT2D eigenvalue weighted by Crippen LogP contribution is -2.14. The maximum Gasteiger partial charge on any atom is 0.120 e. The molecule has 20 heavy (non-hydrogen) atoms. The summed E-state index contributed by atoms with van der Waals surface area (Å²) in [5, 5.41) is 0. The van der Waals surface area contributed by atoms with E-state index in [1.54, 1.807) is 14.2 Å². The predicted octanol–water partition coefficient (Wildman–Crippen LogP) is 3.71. The van der Waals surface area contributed by atoms with Crippen LogP contribution >= 0.6 is 15.9 Å². The van der Waals surface area contributed by atoms with Gasteiger partial charge < -0.3 is 15.2 Å². The first-order chi connectivity index (χ1) is 9.63. The summed E-state index contributed by atoms with van der Waals surface area (Å²) >= 11 is 3.54. The Hall–Kier alpha value is -1.52. The second-order valence-electron chi connectivity index (χ2n) is 4.55. The number of nitrogens with two attached hydrogens (primary N) is 1. The van der Waals surface area contributed by atoms with Gasteiger partial charge in [-0.2, -0.15) is 0 Å². The highest BCUT2D eigenvalue weighted by Crippen LogP contribution is 2.28. The Morgan fingerprint density at radius 2 is 1.60 bits per heavy atom. The minimum Gasteiger partial charge on any atom is -0.497 e. The zero-order valence-electron chi connectivity index (χ0n) is 11.6. The molecule has 0 bridgehead atoms. The van der Waals surface area contributed by atoms with E-state index >= 15 is 0 Å². The zero-order valence-corrected chi connectivity index (χ0v) is 13.2. The smallest absolute Gasteiger partial charge is 0.120 e. The van der Waals surface area contributed by atoms with E-state index in [9.17, 15) is 0 Å². The van der Waals surface area contributed by atoms with E-state index in [0.29, 0.717) is 0 Å². The summed E-state index contributed by atoms with van der Waals surface area (Å²) in [7, 11) is 3.31. The van der Waals surface area contributed by atoms with Gasteiger partial charge in [-0.15, -0.1) is 0 Å². The highest BCUT2D eigenvalue weighted by molar-refractivity contribution is 9.10. The van der Waals surface area contributed by atoms with Gasteiger partial charge in [-0.05, 0) is 41.8 Å². The molecule has 0 radical (unpaired) electrons. The SMILES string of the molecule is COc1ccc(CC(N)c2ccc(OC)cc2Br)cc1. The van der Waals surface area contributed by atoms with Crippen molar-refractivity contribution in [3.05, 3.63) is 58.1 Å². The molecule has 0 fully saturated rings. The molecule has 1 atom stereocenters. The third-order valence-corrected chi connectivity index (χ3v) is 3.91. The van der Waals surface area contributed by atoms with E-state index in [-0.39, 0.29) is 6.04 Å². The van der Waals surface area contributed by atoms with Crippen LogP contribution in [0.1, 0.15) is 17.2 Å². The van der Waals surface area contributed by atoms with Gasteiger partial charge in [0.15, 0.2) is 0 Å². The predicted molar refractivity (Wildman–Crippen MR) is 84.3 cm³/mol. The summed E-state index contributed by atoms with van der Waals surface area (Å²) in [6.45, 7) is 0. The number of benzene rings is 2. The van der Waals surface area contributed by atoms with E-state index in [2.05, 4.69) is 15.9 Å². The number of ether oxygens (including phenoxy) is 2. The average Bonchev–Trinajstić information content (AvgIpc) is 2.47.